The molecule has 0 aliphatic carbocycles. The Morgan fingerprint density at radius 3 is 1.85 bits per heavy atom. The van der Waals surface area contributed by atoms with Gasteiger partial charge in [-0.3, -0.25) is 0 Å². The summed E-state index contributed by atoms with van der Waals surface area (Å²) < 4.78 is 19.3. The minimum Gasteiger partial charge on any atom is -0.375 e. The molecule has 0 radical (unpaired) electrons. The van der Waals surface area contributed by atoms with Crippen molar-refractivity contribution in [2.45, 2.75) is 188 Å². The van der Waals surface area contributed by atoms with E-state index in [0.29, 0.717) is 0 Å². The summed E-state index contributed by atoms with van der Waals surface area (Å²) in [4.78, 5) is 0. The molecule has 0 spiro atoms. The van der Waals surface area contributed by atoms with E-state index in [9.17, 15) is 5.21 Å². The highest BCUT2D eigenvalue weighted by Crippen LogP contribution is 2.38. The highest BCUT2D eigenvalue weighted by atomic mass is 16.7. The second-order valence-electron chi connectivity index (χ2n) is 12.0. The maximum absolute atomic E-state index is 10.6. The molecule has 1 aliphatic rings. The van der Waals surface area contributed by atoms with Crippen LogP contribution in [0.3, 0.4) is 0 Å². The van der Waals surface area contributed by atoms with E-state index in [1.165, 1.54) is 43.6 Å². The molecule has 1 N–H and O–H groups in total. The van der Waals surface area contributed by atoms with Crippen LogP contribution in [0.15, 0.2) is 0 Å². The molecule has 34 heavy (non-hydrogen) atoms. The molecule has 0 aromatic carbocycles. The second-order valence-corrected chi connectivity index (χ2v) is 12.0. The Labute approximate surface area is 212 Å². The van der Waals surface area contributed by atoms with Gasteiger partial charge in [-0.1, -0.05) is 59.3 Å². The van der Waals surface area contributed by atoms with Crippen molar-refractivity contribution in [1.82, 2.24) is 5.06 Å². The van der Waals surface area contributed by atoms with Gasteiger partial charge in [-0.05, 0) is 86.5 Å². The fourth-order valence-electron chi connectivity index (χ4n) is 5.34. The number of piperidine rings is 1. The van der Waals surface area contributed by atoms with E-state index in [2.05, 4.69) is 62.3 Å². The summed E-state index contributed by atoms with van der Waals surface area (Å²) in [7, 11) is 0. The number of unbranched alkanes of at least 4 members (excludes halogenated alkanes) is 6. The Hall–Kier alpha value is -0.200. The normalized spacial score (nSPS) is 22.4. The van der Waals surface area contributed by atoms with Gasteiger partial charge in [0.2, 0.25) is 0 Å². The van der Waals surface area contributed by atoms with Gasteiger partial charge in [-0.25, -0.2) is 0 Å². The van der Waals surface area contributed by atoms with Crippen LogP contribution in [0.5, 0.6) is 0 Å². The molecule has 1 rings (SSSR count). The summed E-state index contributed by atoms with van der Waals surface area (Å²) in [6.45, 7) is 19.3. The molecule has 5 nitrogen and oxygen atoms in total. The van der Waals surface area contributed by atoms with Crippen molar-refractivity contribution in [3.63, 3.8) is 0 Å². The first kappa shape index (κ1) is 31.8. The average Bonchev–Trinajstić information content (AvgIpc) is 2.75. The fraction of sp³-hybridized carbons (Fsp3) is 1.00. The predicted octanol–water partition coefficient (Wildman–Crippen LogP) is 8.27. The van der Waals surface area contributed by atoms with Crippen molar-refractivity contribution in [3.05, 3.63) is 0 Å². The number of hydrogen-bond acceptors (Lipinski definition) is 5. The summed E-state index contributed by atoms with van der Waals surface area (Å²) in [5.74, 6) is 0. The molecule has 0 aromatic rings. The Bertz CT molecular complexity index is 506. The monoisotopic (exact) mass is 485 g/mol. The van der Waals surface area contributed by atoms with E-state index < -0.39 is 0 Å². The van der Waals surface area contributed by atoms with Gasteiger partial charge in [-0.15, -0.1) is 0 Å². The molecule has 5 heteroatoms. The summed E-state index contributed by atoms with van der Waals surface area (Å²) in [6.07, 6.45) is 15.0. The van der Waals surface area contributed by atoms with Gasteiger partial charge in [0, 0.05) is 11.1 Å². The van der Waals surface area contributed by atoms with E-state index in [1.54, 1.807) is 0 Å². The second kappa shape index (κ2) is 15.8. The SMILES string of the molecule is CCCCCCCCCC(OC(C)CC)OC(C)CC(CC)OC1CC(C)(C)N(O)C(C)(C)C1. The third kappa shape index (κ3) is 11.7. The molecule has 1 fully saturated rings. The maximum Gasteiger partial charge on any atom is 0.158 e. The average molecular weight is 486 g/mol. The van der Waals surface area contributed by atoms with Crippen molar-refractivity contribution >= 4 is 0 Å². The van der Waals surface area contributed by atoms with E-state index in [-0.39, 0.29) is 41.8 Å². The van der Waals surface area contributed by atoms with Gasteiger partial charge < -0.3 is 19.4 Å². The fourth-order valence-corrected chi connectivity index (χ4v) is 5.34. The van der Waals surface area contributed by atoms with Crippen LogP contribution in [0.25, 0.3) is 0 Å². The number of hydrogen-bond donors (Lipinski definition) is 1. The summed E-state index contributed by atoms with van der Waals surface area (Å²) in [5.41, 5.74) is -0.586. The van der Waals surface area contributed by atoms with Gasteiger partial charge in [0.05, 0.1) is 24.4 Å². The van der Waals surface area contributed by atoms with Crippen LogP contribution >= 0.6 is 0 Å². The minimum absolute atomic E-state index is 0.0857. The largest absolute Gasteiger partial charge is 0.375 e. The molecule has 1 saturated heterocycles. The van der Waals surface area contributed by atoms with Gasteiger partial charge in [0.1, 0.15) is 0 Å². The Morgan fingerprint density at radius 2 is 1.32 bits per heavy atom. The molecule has 4 unspecified atom stereocenters. The topological polar surface area (TPSA) is 51.2 Å². The molecular formula is C29H59NO4. The molecule has 0 aromatic heterocycles. The third-order valence-electron chi connectivity index (χ3n) is 7.42. The maximum atomic E-state index is 10.6. The molecule has 1 heterocycles. The van der Waals surface area contributed by atoms with Crippen molar-refractivity contribution in [3.8, 4) is 0 Å². The number of ether oxygens (including phenoxy) is 3. The van der Waals surface area contributed by atoms with Gasteiger partial charge in [0.15, 0.2) is 6.29 Å². The minimum atomic E-state index is -0.293. The molecule has 0 saturated carbocycles. The van der Waals surface area contributed by atoms with Crippen LogP contribution < -0.4 is 0 Å². The Kier molecular flexibility index (Phi) is 14.8. The van der Waals surface area contributed by atoms with Crippen LogP contribution in [0.4, 0.5) is 0 Å². The quantitative estimate of drug-likeness (QED) is 0.156. The predicted molar refractivity (Wildman–Crippen MR) is 142 cm³/mol. The molecule has 4 atom stereocenters. The lowest BCUT2D eigenvalue weighted by atomic mass is 9.80. The molecule has 0 amide bonds. The van der Waals surface area contributed by atoms with Crippen LogP contribution in [0, 0.1) is 0 Å². The van der Waals surface area contributed by atoms with Crippen LogP contribution in [-0.2, 0) is 14.2 Å². The lowest BCUT2D eigenvalue weighted by molar-refractivity contribution is -0.266. The van der Waals surface area contributed by atoms with E-state index in [0.717, 1.165) is 44.9 Å². The molecular weight excluding hydrogens is 426 g/mol. The lowest BCUT2D eigenvalue weighted by Crippen LogP contribution is -2.60. The zero-order valence-electron chi connectivity index (χ0n) is 24.2. The summed E-state index contributed by atoms with van der Waals surface area (Å²) in [5, 5.41) is 12.1. The van der Waals surface area contributed by atoms with Gasteiger partial charge in [-0.2, -0.15) is 5.06 Å². The number of hydroxylamine groups is 2. The summed E-state index contributed by atoms with van der Waals surface area (Å²) >= 11 is 0. The zero-order valence-corrected chi connectivity index (χ0v) is 24.2. The zero-order chi connectivity index (χ0) is 25.8. The van der Waals surface area contributed by atoms with Gasteiger partial charge >= 0.3 is 0 Å². The summed E-state index contributed by atoms with van der Waals surface area (Å²) in [6, 6.07) is 0. The first-order valence-corrected chi connectivity index (χ1v) is 14.4. The number of rotatable bonds is 18. The van der Waals surface area contributed by atoms with E-state index in [1.807, 2.05) is 0 Å². The number of nitrogens with zero attached hydrogens (tertiary/aromatic N) is 1. The van der Waals surface area contributed by atoms with Gasteiger partial charge in [0.25, 0.3) is 0 Å². The first-order chi connectivity index (χ1) is 15.9. The Balaban J connectivity index is 2.56. The smallest absolute Gasteiger partial charge is 0.158 e. The van der Waals surface area contributed by atoms with Crippen LogP contribution in [0.2, 0.25) is 0 Å². The Morgan fingerprint density at radius 1 is 0.794 bits per heavy atom. The molecule has 204 valence electrons. The van der Waals surface area contributed by atoms with E-state index in [4.69, 9.17) is 14.2 Å². The standard InChI is InChI=1S/C29H59NO4/c1-10-13-14-15-16-17-18-19-27(32-23(4)11-2)33-24(5)20-25(12-3)34-26-21-28(6,7)30(31)29(8,9)22-26/h23-27,31H,10-22H2,1-9H3. The molecule has 1 aliphatic heterocycles. The van der Waals surface area contributed by atoms with Crippen molar-refractivity contribution in [2.24, 2.45) is 0 Å². The van der Waals surface area contributed by atoms with Crippen molar-refractivity contribution in [2.75, 3.05) is 0 Å². The van der Waals surface area contributed by atoms with Crippen molar-refractivity contribution in [1.29, 1.82) is 0 Å². The van der Waals surface area contributed by atoms with Crippen molar-refractivity contribution < 1.29 is 19.4 Å². The molecule has 0 bridgehead atoms. The van der Waals surface area contributed by atoms with E-state index >= 15 is 0 Å². The highest BCUT2D eigenvalue weighted by Gasteiger charge is 2.45. The lowest BCUT2D eigenvalue weighted by Gasteiger charge is -2.51. The van der Waals surface area contributed by atoms with Crippen LogP contribution in [-0.4, -0.2) is 52.1 Å². The first-order valence-electron chi connectivity index (χ1n) is 14.4. The highest BCUT2D eigenvalue weighted by molar-refractivity contribution is 4.97. The van der Waals surface area contributed by atoms with Crippen LogP contribution in [0.1, 0.15) is 146 Å². The third-order valence-corrected chi connectivity index (χ3v) is 7.42.